The highest BCUT2D eigenvalue weighted by molar-refractivity contribution is 6.13. The van der Waals surface area contributed by atoms with Crippen molar-refractivity contribution in [1.82, 2.24) is 9.13 Å². The second-order valence-electron chi connectivity index (χ2n) is 20.9. The number of carbonyl (C=O) groups excluding carboxylic acids is 3. The molecule has 2 amide bonds. The molecule has 0 bridgehead atoms. The summed E-state index contributed by atoms with van der Waals surface area (Å²) in [4.78, 5) is 54.7. The molecule has 0 spiro atoms. The first-order valence-electron chi connectivity index (χ1n) is 27.3. The number of carboxylic acid groups (broad SMARTS) is 1. The monoisotopic (exact) mass is 1100 g/mol. The Hall–Kier alpha value is -8.50. The molecule has 6 aromatic carbocycles. The highest BCUT2D eigenvalue weighted by atomic mass is 19.1. The number of carboxylic acids is 1. The number of nitrogens with zero attached hydrogens (tertiary/aromatic N) is 2. The Morgan fingerprint density at radius 1 is 0.481 bits per heavy atom. The number of rotatable bonds is 25. The van der Waals surface area contributed by atoms with Crippen LogP contribution in [0.4, 0.5) is 20.2 Å². The van der Waals surface area contributed by atoms with E-state index in [0.29, 0.717) is 67.5 Å². The molecule has 0 saturated carbocycles. The molecule has 0 aliphatic heterocycles. The van der Waals surface area contributed by atoms with Gasteiger partial charge in [-0.1, -0.05) is 125 Å². The number of aliphatic hydroxyl groups excluding tert-OH is 3. The van der Waals surface area contributed by atoms with Gasteiger partial charge in [-0.05, 0) is 126 Å². The number of benzene rings is 6. The third-order valence-corrected chi connectivity index (χ3v) is 14.1. The van der Waals surface area contributed by atoms with E-state index in [-0.39, 0.29) is 62.4 Å². The van der Waals surface area contributed by atoms with Crippen molar-refractivity contribution in [2.24, 2.45) is 0 Å². The van der Waals surface area contributed by atoms with Crippen molar-refractivity contribution in [2.45, 2.75) is 116 Å². The summed E-state index contributed by atoms with van der Waals surface area (Å²) in [7, 11) is 0. The summed E-state index contributed by atoms with van der Waals surface area (Å²) < 4.78 is 38.5. The van der Waals surface area contributed by atoms with Gasteiger partial charge in [-0.15, -0.1) is 0 Å². The Morgan fingerprint density at radius 2 is 0.852 bits per heavy atom. The van der Waals surface area contributed by atoms with Gasteiger partial charge in [-0.25, -0.2) is 8.78 Å². The summed E-state index contributed by atoms with van der Waals surface area (Å²) in [6.45, 7) is 8.08. The third kappa shape index (κ3) is 14.7. The van der Waals surface area contributed by atoms with Gasteiger partial charge >= 0.3 is 11.9 Å². The number of carbonyl (C=O) groups is 4. The molecule has 8 aromatic rings. The smallest absolute Gasteiger partial charge is 0.308 e. The Morgan fingerprint density at radius 3 is 1.22 bits per heavy atom. The lowest BCUT2D eigenvalue weighted by molar-refractivity contribution is -0.156. The average molecular weight is 1100 g/mol. The molecular weight excluding hydrogens is 1030 g/mol. The number of halogens is 2. The lowest BCUT2D eigenvalue weighted by atomic mass is 9.94. The van der Waals surface area contributed by atoms with Crippen molar-refractivity contribution in [2.75, 3.05) is 10.6 Å². The van der Waals surface area contributed by atoms with E-state index >= 15 is 0 Å². The number of aliphatic carboxylic acids is 1. The fourth-order valence-electron chi connectivity index (χ4n) is 10.7. The first-order chi connectivity index (χ1) is 39.0. The van der Waals surface area contributed by atoms with Crippen LogP contribution in [-0.4, -0.2) is 77.7 Å². The minimum absolute atomic E-state index is 0.0217. The van der Waals surface area contributed by atoms with E-state index in [1.807, 2.05) is 134 Å². The molecule has 8 rings (SSSR count). The third-order valence-electron chi connectivity index (χ3n) is 14.1. The molecule has 4 atom stereocenters. The van der Waals surface area contributed by atoms with Gasteiger partial charge < -0.3 is 44.9 Å². The SMILES string of the molecule is CC(C)c1c(C(=O)Nc2ccccc2)c(-c2ccccc2)c(-c2ccc(F)cc2)n1CC[C@@H](O)C[C@@H](O)CC(=O)O[C@@H](CC(=O)O)C[C@H](O)CCn1c(-c2ccc(F)cc2)c(-c2ccccc2)c(C(=O)Nc2ccccc2)c1C(C)C. The Bertz CT molecular complexity index is 3400. The number of esters is 1. The topological polar surface area (TPSA) is 192 Å². The summed E-state index contributed by atoms with van der Waals surface area (Å²) >= 11 is 0. The van der Waals surface area contributed by atoms with Crippen molar-refractivity contribution in [1.29, 1.82) is 0 Å². The molecule has 0 radical (unpaired) electrons. The number of anilines is 2. The number of hydrogen-bond donors (Lipinski definition) is 6. The number of ether oxygens (including phenoxy) is 1. The first-order valence-corrected chi connectivity index (χ1v) is 27.3. The van der Waals surface area contributed by atoms with E-state index in [0.717, 1.165) is 11.1 Å². The zero-order chi connectivity index (χ0) is 57.7. The van der Waals surface area contributed by atoms with Crippen LogP contribution in [0, 0.1) is 11.6 Å². The van der Waals surface area contributed by atoms with E-state index in [1.54, 1.807) is 48.5 Å². The number of amides is 2. The van der Waals surface area contributed by atoms with E-state index in [1.165, 1.54) is 24.3 Å². The lowest BCUT2D eigenvalue weighted by Crippen LogP contribution is -2.29. The normalized spacial score (nSPS) is 12.9. The Kier molecular flexibility index (Phi) is 19.6. The first kappa shape index (κ1) is 58.6. The maximum absolute atomic E-state index is 14.5. The quantitative estimate of drug-likeness (QED) is 0.0302. The molecule has 0 aliphatic carbocycles. The van der Waals surface area contributed by atoms with Gasteiger partial charge in [-0.3, -0.25) is 19.2 Å². The van der Waals surface area contributed by atoms with Crippen molar-refractivity contribution in [3.05, 3.63) is 204 Å². The highest BCUT2D eigenvalue weighted by Crippen LogP contribution is 2.45. The summed E-state index contributed by atoms with van der Waals surface area (Å²) in [5, 5.41) is 50.5. The van der Waals surface area contributed by atoms with Crippen molar-refractivity contribution < 1.29 is 53.1 Å². The van der Waals surface area contributed by atoms with E-state index < -0.39 is 60.8 Å². The number of nitrogens with one attached hydrogen (secondary N) is 2. The zero-order valence-electron chi connectivity index (χ0n) is 45.8. The van der Waals surface area contributed by atoms with Gasteiger partial charge in [0.05, 0.1) is 53.7 Å². The minimum atomic E-state index is -1.42. The predicted molar refractivity (Wildman–Crippen MR) is 311 cm³/mol. The van der Waals surface area contributed by atoms with Gasteiger partial charge in [0.25, 0.3) is 11.8 Å². The summed E-state index contributed by atoms with van der Waals surface area (Å²) in [5.41, 5.74) is 8.45. The molecule has 13 nitrogen and oxygen atoms in total. The van der Waals surface area contributed by atoms with Gasteiger partial charge in [0, 0.05) is 53.4 Å². The number of hydrogen-bond acceptors (Lipinski definition) is 8. The molecule has 2 aromatic heterocycles. The van der Waals surface area contributed by atoms with Gasteiger partial charge in [-0.2, -0.15) is 0 Å². The second kappa shape index (κ2) is 27.1. The van der Waals surface area contributed by atoms with Crippen LogP contribution in [0.2, 0.25) is 0 Å². The second-order valence-corrected chi connectivity index (χ2v) is 20.9. The Balaban J connectivity index is 0.993. The van der Waals surface area contributed by atoms with Gasteiger partial charge in [0.1, 0.15) is 17.7 Å². The van der Waals surface area contributed by atoms with Crippen LogP contribution in [0.1, 0.15) is 110 Å². The van der Waals surface area contributed by atoms with Gasteiger partial charge in [0.15, 0.2) is 0 Å². The fraction of sp³-hybridized carbons (Fsp3) is 0.273. The van der Waals surface area contributed by atoms with Crippen LogP contribution in [0.15, 0.2) is 170 Å². The number of aromatic nitrogens is 2. The standard InChI is InChI=1S/C66H68F2N4O9/c1-41(2)61-59(65(79)69-49-21-13-7-14-22-49)57(43-17-9-5-10-18-43)63(45-25-29-47(67)30-26-45)71(61)35-33-51(73)37-53(75)39-56(78)81-54(40-55(76)77)38-52(74)34-36-72-62(42(3)4)60(66(80)70-50-23-15-8-16-24-50)58(44-19-11-6-12-20-44)64(72)46-27-31-48(68)32-28-46/h5-32,41-42,51-54,73-75H,33-40H2,1-4H3,(H,69,79)(H,70,80)(H,76,77)/t51-,52-,53-,54-/m1/s1. The Labute approximate surface area is 470 Å². The molecule has 0 unspecified atom stereocenters. The highest BCUT2D eigenvalue weighted by Gasteiger charge is 2.34. The maximum atomic E-state index is 14.5. The number of para-hydroxylation sites is 2. The van der Waals surface area contributed by atoms with Crippen molar-refractivity contribution >= 4 is 35.1 Å². The molecule has 81 heavy (non-hydrogen) atoms. The maximum Gasteiger partial charge on any atom is 0.308 e. The van der Waals surface area contributed by atoms with Crippen LogP contribution in [0.25, 0.3) is 44.8 Å². The van der Waals surface area contributed by atoms with Crippen molar-refractivity contribution in [3.8, 4) is 44.8 Å². The summed E-state index contributed by atoms with van der Waals surface area (Å²) in [6.07, 6.45) is -6.82. The lowest BCUT2D eigenvalue weighted by Gasteiger charge is -2.23. The van der Waals surface area contributed by atoms with Crippen LogP contribution in [0.3, 0.4) is 0 Å². The van der Waals surface area contributed by atoms with Crippen LogP contribution < -0.4 is 10.6 Å². The molecule has 0 saturated heterocycles. The fourth-order valence-corrected chi connectivity index (χ4v) is 10.7. The minimum Gasteiger partial charge on any atom is -0.481 e. The van der Waals surface area contributed by atoms with Gasteiger partial charge in [0.2, 0.25) is 0 Å². The van der Waals surface area contributed by atoms with Crippen LogP contribution in [0.5, 0.6) is 0 Å². The summed E-state index contributed by atoms with van der Waals surface area (Å²) in [6, 6.07) is 48.7. The predicted octanol–water partition coefficient (Wildman–Crippen LogP) is 13.1. The van der Waals surface area contributed by atoms with E-state index in [9.17, 15) is 48.4 Å². The van der Waals surface area contributed by atoms with Crippen LogP contribution >= 0.6 is 0 Å². The average Bonchev–Trinajstić information content (AvgIpc) is 2.80. The molecule has 6 N–H and O–H groups in total. The number of aliphatic hydroxyl groups is 3. The molecule has 15 heteroatoms. The molecular formula is C66H68F2N4O9. The van der Waals surface area contributed by atoms with Crippen molar-refractivity contribution in [3.63, 3.8) is 0 Å². The zero-order valence-corrected chi connectivity index (χ0v) is 45.8. The van der Waals surface area contributed by atoms with E-state index in [4.69, 9.17) is 4.74 Å². The molecule has 2 heterocycles. The molecule has 0 fully saturated rings. The molecule has 420 valence electrons. The molecule has 0 aliphatic rings. The largest absolute Gasteiger partial charge is 0.481 e. The van der Waals surface area contributed by atoms with E-state index in [2.05, 4.69) is 10.6 Å². The summed E-state index contributed by atoms with van der Waals surface area (Å²) in [5.74, 6) is -4.32. The van der Waals surface area contributed by atoms with Crippen LogP contribution in [-0.2, 0) is 27.4 Å².